The van der Waals surface area contributed by atoms with Crippen molar-refractivity contribution in [3.8, 4) is 0 Å². The molecule has 1 aliphatic rings. The number of aryl methyl sites for hydroxylation is 2. The highest BCUT2D eigenvalue weighted by Gasteiger charge is 2.42. The zero-order chi connectivity index (χ0) is 14.8. The van der Waals surface area contributed by atoms with Gasteiger partial charge in [-0.1, -0.05) is 55.5 Å². The molecule has 1 N–H and O–H groups in total. The van der Waals surface area contributed by atoms with Crippen molar-refractivity contribution in [3.63, 3.8) is 0 Å². The first-order valence-corrected chi connectivity index (χ1v) is 7.76. The van der Waals surface area contributed by atoms with Crippen molar-refractivity contribution in [2.45, 2.75) is 59.3 Å². The zero-order valence-electron chi connectivity index (χ0n) is 12.9. The Hall–Kier alpha value is -1.31. The van der Waals surface area contributed by atoms with Gasteiger partial charge in [-0.25, -0.2) is 0 Å². The van der Waals surface area contributed by atoms with Gasteiger partial charge in [0.15, 0.2) is 0 Å². The third-order valence-corrected chi connectivity index (χ3v) is 4.80. The summed E-state index contributed by atoms with van der Waals surface area (Å²) in [6.07, 6.45) is 5.69. The Morgan fingerprint density at radius 2 is 1.95 bits per heavy atom. The summed E-state index contributed by atoms with van der Waals surface area (Å²) in [7, 11) is 0. The molecule has 0 heterocycles. The Balaban J connectivity index is 2.27. The summed E-state index contributed by atoms with van der Waals surface area (Å²) < 4.78 is 0. The number of carbonyl (C=O) groups is 1. The molecule has 0 amide bonds. The van der Waals surface area contributed by atoms with Gasteiger partial charge in [0.25, 0.3) is 0 Å². The van der Waals surface area contributed by atoms with Gasteiger partial charge in [-0.15, -0.1) is 0 Å². The van der Waals surface area contributed by atoms with E-state index in [1.54, 1.807) is 0 Å². The number of aliphatic carboxylic acids is 1. The van der Waals surface area contributed by atoms with Crippen LogP contribution in [0.3, 0.4) is 0 Å². The molecule has 110 valence electrons. The second-order valence-corrected chi connectivity index (χ2v) is 6.63. The van der Waals surface area contributed by atoms with Gasteiger partial charge in [-0.2, -0.15) is 0 Å². The van der Waals surface area contributed by atoms with Gasteiger partial charge in [0.1, 0.15) is 0 Å². The van der Waals surface area contributed by atoms with Crippen molar-refractivity contribution in [2.24, 2.45) is 11.3 Å². The molecule has 1 fully saturated rings. The first-order chi connectivity index (χ1) is 9.45. The van der Waals surface area contributed by atoms with E-state index < -0.39 is 11.4 Å². The average Bonchev–Trinajstić information content (AvgIpc) is 2.37. The van der Waals surface area contributed by atoms with Crippen LogP contribution in [0.5, 0.6) is 0 Å². The van der Waals surface area contributed by atoms with Gasteiger partial charge in [0.05, 0.1) is 5.41 Å². The van der Waals surface area contributed by atoms with Gasteiger partial charge in [0.2, 0.25) is 0 Å². The predicted molar refractivity (Wildman–Crippen MR) is 81.9 cm³/mol. The molecule has 2 rings (SSSR count). The third-order valence-electron chi connectivity index (χ3n) is 4.80. The van der Waals surface area contributed by atoms with E-state index in [2.05, 4.69) is 39.0 Å². The fourth-order valence-electron chi connectivity index (χ4n) is 3.83. The molecule has 0 bridgehead atoms. The molecule has 0 radical (unpaired) electrons. The minimum absolute atomic E-state index is 0.542. The quantitative estimate of drug-likeness (QED) is 0.876. The molecule has 2 nitrogen and oxygen atoms in total. The second kappa shape index (κ2) is 5.99. The van der Waals surface area contributed by atoms with Gasteiger partial charge in [0, 0.05) is 0 Å². The predicted octanol–water partition coefficient (Wildman–Crippen LogP) is 4.52. The Bertz CT molecular complexity index is 472. The fraction of sp³-hybridized carbons (Fsp3) is 0.611. The Morgan fingerprint density at radius 3 is 2.50 bits per heavy atom. The number of hydrogen-bond acceptors (Lipinski definition) is 1. The molecule has 0 saturated heterocycles. The van der Waals surface area contributed by atoms with Gasteiger partial charge in [-0.3, -0.25) is 4.79 Å². The van der Waals surface area contributed by atoms with E-state index in [0.29, 0.717) is 12.3 Å². The van der Waals surface area contributed by atoms with E-state index >= 15 is 0 Å². The van der Waals surface area contributed by atoms with E-state index in [0.717, 1.165) is 25.7 Å². The lowest BCUT2D eigenvalue weighted by atomic mass is 9.66. The van der Waals surface area contributed by atoms with Crippen LogP contribution in [-0.4, -0.2) is 11.1 Å². The maximum absolute atomic E-state index is 11.9. The van der Waals surface area contributed by atoms with E-state index in [1.165, 1.54) is 23.1 Å². The summed E-state index contributed by atoms with van der Waals surface area (Å²) in [6.45, 7) is 6.35. The molecule has 1 saturated carbocycles. The molecule has 2 heteroatoms. The Kier molecular flexibility index (Phi) is 4.52. The SMILES string of the molecule is CCC1CCCC(Cc2cc(C)cc(C)c2)(C(=O)O)C1. The topological polar surface area (TPSA) is 37.3 Å². The molecule has 2 atom stereocenters. The molecule has 0 aliphatic heterocycles. The average molecular weight is 274 g/mol. The smallest absolute Gasteiger partial charge is 0.309 e. The van der Waals surface area contributed by atoms with Crippen LogP contribution in [0.4, 0.5) is 0 Å². The van der Waals surface area contributed by atoms with Crippen LogP contribution in [0.2, 0.25) is 0 Å². The molecule has 20 heavy (non-hydrogen) atoms. The molecular weight excluding hydrogens is 248 g/mol. The van der Waals surface area contributed by atoms with E-state index in [1.807, 2.05) is 0 Å². The number of carboxylic acid groups (broad SMARTS) is 1. The molecule has 0 aromatic heterocycles. The van der Waals surface area contributed by atoms with Crippen molar-refractivity contribution in [3.05, 3.63) is 34.9 Å². The number of rotatable bonds is 4. The van der Waals surface area contributed by atoms with Gasteiger partial charge >= 0.3 is 5.97 Å². The molecule has 1 aliphatic carbocycles. The van der Waals surface area contributed by atoms with Crippen LogP contribution in [-0.2, 0) is 11.2 Å². The second-order valence-electron chi connectivity index (χ2n) is 6.63. The maximum atomic E-state index is 11.9. The number of carboxylic acids is 1. The maximum Gasteiger partial charge on any atom is 0.309 e. The van der Waals surface area contributed by atoms with E-state index in [9.17, 15) is 9.90 Å². The summed E-state index contributed by atoms with van der Waals surface area (Å²) in [6, 6.07) is 6.44. The fourth-order valence-corrected chi connectivity index (χ4v) is 3.83. The minimum atomic E-state index is -0.602. The zero-order valence-corrected chi connectivity index (χ0v) is 12.9. The van der Waals surface area contributed by atoms with Crippen LogP contribution >= 0.6 is 0 Å². The number of benzene rings is 1. The van der Waals surface area contributed by atoms with Crippen LogP contribution in [0.15, 0.2) is 18.2 Å². The summed E-state index contributed by atoms with van der Waals surface area (Å²) in [5.41, 5.74) is 3.09. The molecular formula is C18H26O2. The van der Waals surface area contributed by atoms with Crippen LogP contribution in [0, 0.1) is 25.2 Å². The number of hydrogen-bond donors (Lipinski definition) is 1. The van der Waals surface area contributed by atoms with Crippen molar-refractivity contribution in [1.82, 2.24) is 0 Å². The van der Waals surface area contributed by atoms with Crippen LogP contribution < -0.4 is 0 Å². The van der Waals surface area contributed by atoms with Gasteiger partial charge < -0.3 is 5.11 Å². The Morgan fingerprint density at radius 1 is 1.30 bits per heavy atom. The van der Waals surface area contributed by atoms with Crippen molar-refractivity contribution in [1.29, 1.82) is 0 Å². The molecule has 1 aromatic rings. The van der Waals surface area contributed by atoms with E-state index in [4.69, 9.17) is 0 Å². The normalized spacial score (nSPS) is 26.4. The van der Waals surface area contributed by atoms with Crippen molar-refractivity contribution < 1.29 is 9.90 Å². The van der Waals surface area contributed by atoms with Gasteiger partial charge in [-0.05, 0) is 44.6 Å². The highest BCUT2D eigenvalue weighted by molar-refractivity contribution is 5.75. The summed E-state index contributed by atoms with van der Waals surface area (Å²) in [5, 5.41) is 9.80. The van der Waals surface area contributed by atoms with Crippen LogP contribution in [0.1, 0.15) is 55.7 Å². The Labute approximate surface area is 122 Å². The minimum Gasteiger partial charge on any atom is -0.481 e. The first kappa shape index (κ1) is 15.1. The highest BCUT2D eigenvalue weighted by atomic mass is 16.4. The van der Waals surface area contributed by atoms with Crippen molar-refractivity contribution >= 4 is 5.97 Å². The lowest BCUT2D eigenvalue weighted by Gasteiger charge is -2.37. The summed E-state index contributed by atoms with van der Waals surface area (Å²) in [4.78, 5) is 11.9. The lowest BCUT2D eigenvalue weighted by molar-refractivity contribution is -0.152. The van der Waals surface area contributed by atoms with Crippen LogP contribution in [0.25, 0.3) is 0 Å². The molecule has 1 aromatic carbocycles. The monoisotopic (exact) mass is 274 g/mol. The highest BCUT2D eigenvalue weighted by Crippen LogP contribution is 2.43. The van der Waals surface area contributed by atoms with E-state index in [-0.39, 0.29) is 0 Å². The standard InChI is InChI=1S/C18H26O2/c1-4-15-6-5-7-18(11-15,17(19)20)12-16-9-13(2)8-14(3)10-16/h8-10,15H,4-7,11-12H2,1-3H3,(H,19,20). The third kappa shape index (κ3) is 3.23. The summed E-state index contributed by atoms with van der Waals surface area (Å²) in [5.74, 6) is -0.0273. The molecule has 2 unspecified atom stereocenters. The summed E-state index contributed by atoms with van der Waals surface area (Å²) >= 11 is 0. The first-order valence-electron chi connectivity index (χ1n) is 7.76. The lowest BCUT2D eigenvalue weighted by Crippen LogP contribution is -2.38. The van der Waals surface area contributed by atoms with Crippen molar-refractivity contribution in [2.75, 3.05) is 0 Å². The molecule has 0 spiro atoms. The largest absolute Gasteiger partial charge is 0.481 e.